The molecule has 1 fully saturated rings. The molecule has 1 atom stereocenters. The standard InChI is InChI=1S/C13H14N2O2/c1-9(16)15-7-6-10(8-15)13-14-11-4-2-3-5-12(11)17-13/h2-5,10H,6-8H2,1H3. The summed E-state index contributed by atoms with van der Waals surface area (Å²) >= 11 is 0. The summed E-state index contributed by atoms with van der Waals surface area (Å²) in [5.41, 5.74) is 1.72. The van der Waals surface area contributed by atoms with Gasteiger partial charge in [-0.25, -0.2) is 4.98 Å². The number of amides is 1. The monoisotopic (exact) mass is 230 g/mol. The smallest absolute Gasteiger partial charge is 0.219 e. The van der Waals surface area contributed by atoms with Crippen molar-refractivity contribution in [1.29, 1.82) is 0 Å². The van der Waals surface area contributed by atoms with E-state index in [0.717, 1.165) is 36.5 Å². The molecule has 1 aliphatic heterocycles. The van der Waals surface area contributed by atoms with Gasteiger partial charge < -0.3 is 9.32 Å². The number of rotatable bonds is 1. The van der Waals surface area contributed by atoms with Crippen LogP contribution in [-0.4, -0.2) is 28.9 Å². The molecule has 4 nitrogen and oxygen atoms in total. The fraction of sp³-hybridized carbons (Fsp3) is 0.385. The van der Waals surface area contributed by atoms with Crippen molar-refractivity contribution < 1.29 is 9.21 Å². The first-order valence-electron chi connectivity index (χ1n) is 5.85. The maximum atomic E-state index is 11.3. The van der Waals surface area contributed by atoms with Crippen LogP contribution in [0.15, 0.2) is 28.7 Å². The number of nitrogens with zero attached hydrogens (tertiary/aromatic N) is 2. The van der Waals surface area contributed by atoms with Gasteiger partial charge in [0, 0.05) is 20.0 Å². The summed E-state index contributed by atoms with van der Waals surface area (Å²) in [6.07, 6.45) is 0.937. The summed E-state index contributed by atoms with van der Waals surface area (Å²) in [7, 11) is 0. The molecular formula is C13H14N2O2. The number of likely N-dealkylation sites (tertiary alicyclic amines) is 1. The fourth-order valence-corrected chi connectivity index (χ4v) is 2.31. The average molecular weight is 230 g/mol. The van der Waals surface area contributed by atoms with E-state index < -0.39 is 0 Å². The highest BCUT2D eigenvalue weighted by Gasteiger charge is 2.28. The molecule has 2 aromatic rings. The van der Waals surface area contributed by atoms with E-state index in [1.54, 1.807) is 6.92 Å². The van der Waals surface area contributed by atoms with Crippen LogP contribution in [0.3, 0.4) is 0 Å². The molecule has 1 unspecified atom stereocenters. The number of oxazole rings is 1. The van der Waals surface area contributed by atoms with E-state index in [1.165, 1.54) is 0 Å². The lowest BCUT2D eigenvalue weighted by atomic mass is 10.1. The van der Waals surface area contributed by atoms with E-state index in [4.69, 9.17) is 4.42 Å². The van der Waals surface area contributed by atoms with Crippen molar-refractivity contribution in [2.24, 2.45) is 0 Å². The Labute approximate surface area is 99.2 Å². The van der Waals surface area contributed by atoms with Gasteiger partial charge in [-0.05, 0) is 18.6 Å². The lowest BCUT2D eigenvalue weighted by Gasteiger charge is -2.12. The number of carbonyl (C=O) groups excluding carboxylic acids is 1. The SMILES string of the molecule is CC(=O)N1CCC(c2nc3ccccc3o2)C1. The van der Waals surface area contributed by atoms with Crippen LogP contribution in [0.1, 0.15) is 25.2 Å². The van der Waals surface area contributed by atoms with Crippen molar-refractivity contribution in [2.45, 2.75) is 19.3 Å². The minimum atomic E-state index is 0.128. The van der Waals surface area contributed by atoms with Crippen molar-refractivity contribution in [3.8, 4) is 0 Å². The molecule has 0 aliphatic carbocycles. The van der Waals surface area contributed by atoms with Crippen LogP contribution in [0.5, 0.6) is 0 Å². The van der Waals surface area contributed by atoms with Crippen molar-refractivity contribution in [1.82, 2.24) is 9.88 Å². The highest BCUT2D eigenvalue weighted by atomic mass is 16.3. The van der Waals surface area contributed by atoms with Crippen molar-refractivity contribution in [3.63, 3.8) is 0 Å². The number of carbonyl (C=O) groups is 1. The largest absolute Gasteiger partial charge is 0.440 e. The van der Waals surface area contributed by atoms with Crippen molar-refractivity contribution in [2.75, 3.05) is 13.1 Å². The quantitative estimate of drug-likeness (QED) is 0.754. The predicted molar refractivity (Wildman–Crippen MR) is 63.6 cm³/mol. The number of benzene rings is 1. The number of para-hydroxylation sites is 2. The third-order valence-corrected chi connectivity index (χ3v) is 3.29. The normalized spacial score (nSPS) is 20.1. The molecule has 17 heavy (non-hydrogen) atoms. The number of fused-ring (bicyclic) bond motifs is 1. The van der Waals surface area contributed by atoms with E-state index in [1.807, 2.05) is 29.2 Å². The summed E-state index contributed by atoms with van der Waals surface area (Å²) in [5, 5.41) is 0. The molecule has 0 bridgehead atoms. The number of aromatic nitrogens is 1. The first-order chi connectivity index (χ1) is 8.24. The molecule has 3 rings (SSSR count). The Balaban J connectivity index is 1.87. The predicted octanol–water partition coefficient (Wildman–Crippen LogP) is 2.16. The van der Waals surface area contributed by atoms with Gasteiger partial charge in [0.2, 0.25) is 5.91 Å². The van der Waals surface area contributed by atoms with Gasteiger partial charge in [-0.2, -0.15) is 0 Å². The Kier molecular flexibility index (Phi) is 2.35. The maximum Gasteiger partial charge on any atom is 0.219 e. The summed E-state index contributed by atoms with van der Waals surface area (Å²) in [5.74, 6) is 1.13. The molecule has 0 spiro atoms. The number of hydrogen-bond acceptors (Lipinski definition) is 3. The van der Waals surface area contributed by atoms with Gasteiger partial charge in [-0.1, -0.05) is 12.1 Å². The molecule has 2 heterocycles. The van der Waals surface area contributed by atoms with Crippen molar-refractivity contribution in [3.05, 3.63) is 30.2 Å². The molecule has 0 radical (unpaired) electrons. The first-order valence-corrected chi connectivity index (χ1v) is 5.85. The fourth-order valence-electron chi connectivity index (χ4n) is 2.31. The van der Waals surface area contributed by atoms with Crippen LogP contribution in [0, 0.1) is 0 Å². The second kappa shape index (κ2) is 3.87. The molecule has 1 aromatic carbocycles. The minimum absolute atomic E-state index is 0.128. The van der Waals surface area contributed by atoms with Gasteiger partial charge in [-0.15, -0.1) is 0 Å². The molecule has 1 amide bonds. The van der Waals surface area contributed by atoms with Gasteiger partial charge in [0.15, 0.2) is 11.5 Å². The van der Waals surface area contributed by atoms with E-state index in [0.29, 0.717) is 0 Å². The van der Waals surface area contributed by atoms with E-state index in [9.17, 15) is 4.79 Å². The summed E-state index contributed by atoms with van der Waals surface area (Å²) in [6.45, 7) is 3.13. The Morgan fingerprint density at radius 3 is 3.00 bits per heavy atom. The second-order valence-electron chi connectivity index (χ2n) is 4.47. The lowest BCUT2D eigenvalue weighted by Crippen LogP contribution is -2.25. The van der Waals surface area contributed by atoms with Gasteiger partial charge >= 0.3 is 0 Å². The Morgan fingerprint density at radius 1 is 1.47 bits per heavy atom. The third-order valence-electron chi connectivity index (χ3n) is 3.29. The molecule has 0 saturated carbocycles. The Morgan fingerprint density at radius 2 is 2.29 bits per heavy atom. The molecule has 1 aromatic heterocycles. The molecule has 4 heteroatoms. The maximum absolute atomic E-state index is 11.3. The lowest BCUT2D eigenvalue weighted by molar-refractivity contribution is -0.127. The van der Waals surface area contributed by atoms with Crippen LogP contribution in [-0.2, 0) is 4.79 Å². The van der Waals surface area contributed by atoms with Crippen LogP contribution < -0.4 is 0 Å². The molecule has 0 N–H and O–H groups in total. The van der Waals surface area contributed by atoms with Crippen LogP contribution in [0.4, 0.5) is 0 Å². The van der Waals surface area contributed by atoms with Gasteiger partial charge in [0.1, 0.15) is 5.52 Å². The zero-order chi connectivity index (χ0) is 11.8. The van der Waals surface area contributed by atoms with E-state index >= 15 is 0 Å². The molecule has 1 aliphatic rings. The summed E-state index contributed by atoms with van der Waals surface area (Å²) in [4.78, 5) is 17.6. The zero-order valence-corrected chi connectivity index (χ0v) is 9.72. The second-order valence-corrected chi connectivity index (χ2v) is 4.47. The zero-order valence-electron chi connectivity index (χ0n) is 9.72. The molecule has 1 saturated heterocycles. The highest BCUT2D eigenvalue weighted by Crippen LogP contribution is 2.28. The molecule has 88 valence electrons. The van der Waals surface area contributed by atoms with Crippen LogP contribution in [0.25, 0.3) is 11.1 Å². The topological polar surface area (TPSA) is 46.3 Å². The van der Waals surface area contributed by atoms with Gasteiger partial charge in [0.25, 0.3) is 0 Å². The minimum Gasteiger partial charge on any atom is -0.440 e. The Bertz CT molecular complexity index is 528. The van der Waals surface area contributed by atoms with Crippen molar-refractivity contribution >= 4 is 17.0 Å². The van der Waals surface area contributed by atoms with Gasteiger partial charge in [-0.3, -0.25) is 4.79 Å². The summed E-state index contributed by atoms with van der Waals surface area (Å²) in [6, 6.07) is 7.75. The highest BCUT2D eigenvalue weighted by molar-refractivity contribution is 5.74. The first kappa shape index (κ1) is 10.3. The number of hydrogen-bond donors (Lipinski definition) is 0. The average Bonchev–Trinajstić information content (AvgIpc) is 2.95. The van der Waals surface area contributed by atoms with Gasteiger partial charge in [0.05, 0.1) is 5.92 Å². The molecular weight excluding hydrogens is 216 g/mol. The Hall–Kier alpha value is -1.84. The van der Waals surface area contributed by atoms with E-state index in [-0.39, 0.29) is 11.8 Å². The van der Waals surface area contributed by atoms with E-state index in [2.05, 4.69) is 4.98 Å². The van der Waals surface area contributed by atoms with Crippen LogP contribution in [0.2, 0.25) is 0 Å². The third kappa shape index (κ3) is 1.79. The summed E-state index contributed by atoms with van der Waals surface area (Å²) < 4.78 is 5.73. The van der Waals surface area contributed by atoms with Crippen LogP contribution >= 0.6 is 0 Å².